The molecule has 0 aromatic heterocycles. The van der Waals surface area contributed by atoms with Crippen LogP contribution in [0.3, 0.4) is 0 Å². The molecule has 1 unspecified atom stereocenters. The van der Waals surface area contributed by atoms with Crippen LogP contribution in [-0.2, 0) is 14.4 Å². The molecule has 2 N–H and O–H groups in total. The molecule has 3 amide bonds. The summed E-state index contributed by atoms with van der Waals surface area (Å²) in [6, 6.07) is -1.20. The van der Waals surface area contributed by atoms with Gasteiger partial charge in [-0.25, -0.2) is 0 Å². The Hall–Kier alpha value is -1.63. The predicted octanol–water partition coefficient (Wildman–Crippen LogP) is 4.35. The highest BCUT2D eigenvalue weighted by Crippen LogP contribution is 2.29. The van der Waals surface area contributed by atoms with E-state index in [0.29, 0.717) is 37.8 Å². The highest BCUT2D eigenvalue weighted by molar-refractivity contribution is 5.94. The topological polar surface area (TPSA) is 81.8 Å². The fraction of sp³-hybridized carbons (Fsp3) is 0.897. The van der Waals surface area contributed by atoms with Crippen LogP contribution in [0, 0.1) is 17.3 Å². The molecule has 0 aromatic carbocycles. The van der Waals surface area contributed by atoms with Crippen LogP contribution in [-0.4, -0.2) is 70.3 Å². The molecule has 2 aliphatic rings. The Bertz CT molecular complexity index is 765. The van der Waals surface area contributed by atoms with Gasteiger partial charge < -0.3 is 20.4 Å². The van der Waals surface area contributed by atoms with Crippen LogP contribution in [0.1, 0.15) is 108 Å². The molecular formula is C29H54N4O3. The minimum atomic E-state index is -0.476. The predicted molar refractivity (Wildman–Crippen MR) is 146 cm³/mol. The minimum Gasteiger partial charge on any atom is -0.351 e. The van der Waals surface area contributed by atoms with Gasteiger partial charge in [0.2, 0.25) is 17.7 Å². The normalized spacial score (nSPS) is 22.9. The number of hydrogen-bond acceptors (Lipinski definition) is 4. The van der Waals surface area contributed by atoms with E-state index in [0.717, 1.165) is 25.7 Å². The van der Waals surface area contributed by atoms with Crippen molar-refractivity contribution in [2.75, 3.05) is 13.1 Å². The van der Waals surface area contributed by atoms with Gasteiger partial charge in [-0.15, -0.1) is 0 Å². The first-order valence-electron chi connectivity index (χ1n) is 14.2. The van der Waals surface area contributed by atoms with E-state index >= 15 is 0 Å². The third-order valence-electron chi connectivity index (χ3n) is 7.34. The fourth-order valence-electron chi connectivity index (χ4n) is 5.57. The third-order valence-corrected chi connectivity index (χ3v) is 7.34. The summed E-state index contributed by atoms with van der Waals surface area (Å²) in [7, 11) is 0. The Morgan fingerprint density at radius 1 is 0.806 bits per heavy atom. The Labute approximate surface area is 220 Å². The van der Waals surface area contributed by atoms with Crippen molar-refractivity contribution in [3.63, 3.8) is 0 Å². The van der Waals surface area contributed by atoms with Crippen molar-refractivity contribution in [3.05, 3.63) is 0 Å². The van der Waals surface area contributed by atoms with Crippen LogP contribution < -0.4 is 10.6 Å². The standard InChI is InChI=1S/C29H54N4O3/c1-19(2)17-21(31-29(8,9)10)26(35)33-16-12-14-23(33)27(36)32-15-11-13-22(32)25(34)30-24(18-20(3)4)28(5,6)7/h19-24,31H,11-18H2,1-10H3,(H,30,34)/t21-,22-,23-,24?/m0/s1. The van der Waals surface area contributed by atoms with E-state index in [1.54, 1.807) is 9.80 Å². The number of nitrogens with one attached hydrogen (secondary N) is 2. The molecule has 0 spiro atoms. The summed E-state index contributed by atoms with van der Waals surface area (Å²) in [4.78, 5) is 44.4. The summed E-state index contributed by atoms with van der Waals surface area (Å²) in [5, 5.41) is 6.77. The number of amides is 3. The summed E-state index contributed by atoms with van der Waals surface area (Å²) < 4.78 is 0. The second-order valence-electron chi connectivity index (χ2n) is 14.0. The van der Waals surface area contributed by atoms with Gasteiger partial charge in [-0.1, -0.05) is 48.5 Å². The number of nitrogens with zero attached hydrogens (tertiary/aromatic N) is 2. The van der Waals surface area contributed by atoms with Gasteiger partial charge in [0.25, 0.3) is 0 Å². The van der Waals surface area contributed by atoms with Gasteiger partial charge in [0.15, 0.2) is 0 Å². The second kappa shape index (κ2) is 12.3. The lowest BCUT2D eigenvalue weighted by molar-refractivity contribution is -0.148. The van der Waals surface area contributed by atoms with Crippen LogP contribution >= 0.6 is 0 Å². The van der Waals surface area contributed by atoms with Crippen molar-refractivity contribution in [2.45, 2.75) is 137 Å². The molecule has 2 rings (SSSR count). The Morgan fingerprint density at radius 3 is 1.83 bits per heavy atom. The lowest BCUT2D eigenvalue weighted by Gasteiger charge is -2.37. The molecule has 2 aliphatic heterocycles. The smallest absolute Gasteiger partial charge is 0.246 e. The first-order chi connectivity index (χ1) is 16.5. The molecule has 36 heavy (non-hydrogen) atoms. The van der Waals surface area contributed by atoms with Crippen LogP contribution in [0.4, 0.5) is 0 Å². The number of rotatable bonds is 9. The van der Waals surface area contributed by atoms with E-state index in [2.05, 4.69) is 79.9 Å². The fourth-order valence-corrected chi connectivity index (χ4v) is 5.57. The zero-order valence-corrected chi connectivity index (χ0v) is 24.7. The third kappa shape index (κ3) is 8.46. The van der Waals surface area contributed by atoms with Gasteiger partial charge in [-0.05, 0) is 76.5 Å². The van der Waals surface area contributed by atoms with Gasteiger partial charge in [0.1, 0.15) is 12.1 Å². The molecule has 2 saturated heterocycles. The minimum absolute atomic E-state index is 0.0133. The molecule has 0 radical (unpaired) electrons. The van der Waals surface area contributed by atoms with Crippen LogP contribution in [0.15, 0.2) is 0 Å². The average molecular weight is 507 g/mol. The molecule has 7 nitrogen and oxygen atoms in total. The number of likely N-dealkylation sites (tertiary alicyclic amines) is 2. The number of carbonyl (C=O) groups excluding carboxylic acids is 3. The highest BCUT2D eigenvalue weighted by Gasteiger charge is 2.44. The second-order valence-corrected chi connectivity index (χ2v) is 14.0. The maximum Gasteiger partial charge on any atom is 0.246 e. The molecule has 2 fully saturated rings. The van der Waals surface area contributed by atoms with Crippen molar-refractivity contribution in [1.82, 2.24) is 20.4 Å². The van der Waals surface area contributed by atoms with Gasteiger partial charge in [0.05, 0.1) is 6.04 Å². The number of hydrogen-bond donors (Lipinski definition) is 2. The molecule has 0 aliphatic carbocycles. The summed E-state index contributed by atoms with van der Waals surface area (Å²) in [5.41, 5.74) is -0.264. The summed E-state index contributed by atoms with van der Waals surface area (Å²) in [6.07, 6.45) is 4.61. The summed E-state index contributed by atoms with van der Waals surface area (Å²) >= 11 is 0. The molecule has 208 valence electrons. The van der Waals surface area contributed by atoms with Crippen molar-refractivity contribution >= 4 is 17.7 Å². The quantitative estimate of drug-likeness (QED) is 0.487. The van der Waals surface area contributed by atoms with Crippen LogP contribution in [0.5, 0.6) is 0 Å². The van der Waals surface area contributed by atoms with Crippen molar-refractivity contribution in [3.8, 4) is 0 Å². The van der Waals surface area contributed by atoms with Gasteiger partial charge in [0, 0.05) is 24.7 Å². The first kappa shape index (κ1) is 30.6. The molecule has 0 aromatic rings. The van der Waals surface area contributed by atoms with Crippen molar-refractivity contribution in [1.29, 1.82) is 0 Å². The highest BCUT2D eigenvalue weighted by atomic mass is 16.2. The molecule has 0 saturated carbocycles. The Balaban J connectivity index is 2.17. The van der Waals surface area contributed by atoms with E-state index in [4.69, 9.17) is 0 Å². The Morgan fingerprint density at radius 2 is 1.33 bits per heavy atom. The molecule has 2 heterocycles. The van der Waals surface area contributed by atoms with Gasteiger partial charge in [-0.3, -0.25) is 14.4 Å². The van der Waals surface area contributed by atoms with Gasteiger partial charge >= 0.3 is 0 Å². The average Bonchev–Trinajstić information content (AvgIpc) is 3.39. The lowest BCUT2D eigenvalue weighted by atomic mass is 9.82. The largest absolute Gasteiger partial charge is 0.351 e. The van der Waals surface area contributed by atoms with Crippen molar-refractivity contribution in [2.24, 2.45) is 17.3 Å². The molecule has 4 atom stereocenters. The zero-order valence-electron chi connectivity index (χ0n) is 24.7. The van der Waals surface area contributed by atoms with E-state index in [9.17, 15) is 14.4 Å². The SMILES string of the molecule is CC(C)CC(NC(=O)[C@@H]1CCCN1C(=O)[C@@H]1CCCN1C(=O)[C@H](CC(C)C)NC(C)(C)C)C(C)(C)C. The maximum atomic E-state index is 13.8. The molecule has 7 heteroatoms. The van der Waals surface area contributed by atoms with E-state index < -0.39 is 12.1 Å². The number of carbonyl (C=O) groups is 3. The lowest BCUT2D eigenvalue weighted by Crippen LogP contribution is -2.58. The van der Waals surface area contributed by atoms with E-state index in [1.807, 2.05) is 0 Å². The van der Waals surface area contributed by atoms with Crippen LogP contribution in [0.2, 0.25) is 0 Å². The van der Waals surface area contributed by atoms with E-state index in [-0.39, 0.29) is 40.8 Å². The summed E-state index contributed by atoms with van der Waals surface area (Å²) in [5.74, 6) is 0.728. The first-order valence-corrected chi connectivity index (χ1v) is 14.2. The van der Waals surface area contributed by atoms with E-state index in [1.165, 1.54) is 0 Å². The Kier molecular flexibility index (Phi) is 10.4. The zero-order chi connectivity index (χ0) is 27.4. The monoisotopic (exact) mass is 506 g/mol. The van der Waals surface area contributed by atoms with Crippen LogP contribution in [0.25, 0.3) is 0 Å². The van der Waals surface area contributed by atoms with Gasteiger partial charge in [-0.2, -0.15) is 0 Å². The maximum absolute atomic E-state index is 13.8. The van der Waals surface area contributed by atoms with Crippen molar-refractivity contribution < 1.29 is 14.4 Å². The summed E-state index contributed by atoms with van der Waals surface area (Å²) in [6.45, 7) is 22.4. The molecule has 0 bridgehead atoms. The molecular weight excluding hydrogens is 452 g/mol.